The molecule has 124 valence electrons. The third-order valence-electron chi connectivity index (χ3n) is 3.34. The van der Waals surface area contributed by atoms with Crippen LogP contribution >= 0.6 is 0 Å². The number of likely N-dealkylation sites (N-methyl/N-ethyl adjacent to an activating group) is 1. The van der Waals surface area contributed by atoms with Gasteiger partial charge in [0.1, 0.15) is 0 Å². The Kier molecular flexibility index (Phi) is 6.94. The van der Waals surface area contributed by atoms with E-state index in [4.69, 9.17) is 5.26 Å². The van der Waals surface area contributed by atoms with Crippen LogP contribution < -0.4 is 4.72 Å². The van der Waals surface area contributed by atoms with Crippen molar-refractivity contribution in [2.24, 2.45) is 0 Å². The zero-order chi connectivity index (χ0) is 17.5. The van der Waals surface area contributed by atoms with Gasteiger partial charge >= 0.3 is 0 Å². The molecule has 0 heterocycles. The van der Waals surface area contributed by atoms with Crippen LogP contribution in [0.25, 0.3) is 6.08 Å². The number of carbonyl (C=O) groups is 1. The van der Waals surface area contributed by atoms with Crippen molar-refractivity contribution in [3.8, 4) is 6.07 Å². The number of benzene rings is 1. The third kappa shape index (κ3) is 5.51. The summed E-state index contributed by atoms with van der Waals surface area (Å²) in [5.74, 6) is -0.211. The van der Waals surface area contributed by atoms with Gasteiger partial charge in [-0.1, -0.05) is 19.1 Å². The first-order chi connectivity index (χ1) is 10.8. The lowest BCUT2D eigenvalue weighted by atomic mass is 10.2. The van der Waals surface area contributed by atoms with E-state index in [1.54, 1.807) is 39.1 Å². The molecule has 0 bridgehead atoms. The van der Waals surface area contributed by atoms with E-state index in [-0.39, 0.29) is 23.3 Å². The molecule has 1 unspecified atom stereocenters. The average Bonchev–Trinajstić information content (AvgIpc) is 2.52. The molecule has 0 aliphatic rings. The van der Waals surface area contributed by atoms with Crippen LogP contribution in [-0.4, -0.2) is 38.9 Å². The fraction of sp³-hybridized carbons (Fsp3) is 0.375. The summed E-state index contributed by atoms with van der Waals surface area (Å²) in [5, 5.41) is 8.64. The maximum absolute atomic E-state index is 12.0. The summed E-state index contributed by atoms with van der Waals surface area (Å²) < 4.78 is 26.1. The lowest BCUT2D eigenvalue weighted by Crippen LogP contribution is -2.33. The van der Waals surface area contributed by atoms with Crippen LogP contribution in [0.5, 0.6) is 0 Å². The van der Waals surface area contributed by atoms with Crippen LogP contribution in [0.4, 0.5) is 0 Å². The van der Waals surface area contributed by atoms with Crippen molar-refractivity contribution >= 4 is 22.0 Å². The number of hydrogen-bond donors (Lipinski definition) is 1. The Bertz CT molecular complexity index is 703. The van der Waals surface area contributed by atoms with Crippen molar-refractivity contribution in [1.82, 2.24) is 9.62 Å². The van der Waals surface area contributed by atoms with E-state index in [1.807, 2.05) is 6.07 Å². The molecule has 7 heteroatoms. The molecule has 1 atom stereocenters. The van der Waals surface area contributed by atoms with Gasteiger partial charge in [0.25, 0.3) is 0 Å². The van der Waals surface area contributed by atoms with Crippen molar-refractivity contribution in [1.29, 1.82) is 5.26 Å². The fourth-order valence-corrected chi connectivity index (χ4v) is 2.84. The van der Waals surface area contributed by atoms with E-state index in [2.05, 4.69) is 4.72 Å². The van der Waals surface area contributed by atoms with Gasteiger partial charge in [0, 0.05) is 25.7 Å². The molecule has 0 spiro atoms. The molecular weight excluding hydrogens is 314 g/mol. The molecule has 23 heavy (non-hydrogen) atoms. The molecule has 1 amide bonds. The number of nitriles is 1. The molecule has 0 radical (unpaired) electrons. The zero-order valence-corrected chi connectivity index (χ0v) is 14.3. The topological polar surface area (TPSA) is 90.3 Å². The zero-order valence-electron chi connectivity index (χ0n) is 13.5. The van der Waals surface area contributed by atoms with Gasteiger partial charge in [0.15, 0.2) is 0 Å². The van der Waals surface area contributed by atoms with Gasteiger partial charge in [-0.25, -0.2) is 13.1 Å². The van der Waals surface area contributed by atoms with Crippen LogP contribution in [0.15, 0.2) is 35.2 Å². The van der Waals surface area contributed by atoms with Crippen LogP contribution in [0.2, 0.25) is 0 Å². The Labute approximate surface area is 137 Å². The van der Waals surface area contributed by atoms with Crippen molar-refractivity contribution < 1.29 is 13.2 Å². The molecule has 0 aliphatic carbocycles. The van der Waals surface area contributed by atoms with Gasteiger partial charge in [-0.05, 0) is 30.7 Å². The molecule has 1 rings (SSSR count). The Morgan fingerprint density at radius 1 is 1.39 bits per heavy atom. The van der Waals surface area contributed by atoms with Crippen LogP contribution in [0, 0.1) is 11.3 Å². The van der Waals surface area contributed by atoms with Crippen LogP contribution in [-0.2, 0) is 14.8 Å². The highest BCUT2D eigenvalue weighted by atomic mass is 32.2. The van der Waals surface area contributed by atoms with E-state index < -0.39 is 10.0 Å². The summed E-state index contributed by atoms with van der Waals surface area (Å²) in [6.45, 7) is 3.84. The maximum atomic E-state index is 12.0. The molecule has 0 aliphatic heterocycles. The third-order valence-corrected chi connectivity index (χ3v) is 4.90. The standard InChI is InChI=1S/C16H21N3O3S/c1-4-18-23(21,22)15-8-5-14(6-9-15)7-10-16(20)19(3)13(2)11-12-17/h5-10,13,18H,4,11H2,1-3H3/b10-7+. The molecule has 0 saturated carbocycles. The number of nitrogens with zero attached hydrogens (tertiary/aromatic N) is 2. The molecule has 6 nitrogen and oxygen atoms in total. The Morgan fingerprint density at radius 3 is 2.52 bits per heavy atom. The first-order valence-corrected chi connectivity index (χ1v) is 8.71. The van der Waals surface area contributed by atoms with E-state index in [0.717, 1.165) is 5.56 Å². The van der Waals surface area contributed by atoms with Crippen molar-refractivity contribution in [2.45, 2.75) is 31.2 Å². The number of carbonyl (C=O) groups excluding carboxylic acids is 1. The van der Waals surface area contributed by atoms with E-state index in [0.29, 0.717) is 6.54 Å². The Balaban J connectivity index is 2.79. The summed E-state index contributed by atoms with van der Waals surface area (Å²) >= 11 is 0. The first-order valence-electron chi connectivity index (χ1n) is 7.23. The number of amides is 1. The number of sulfonamides is 1. The molecule has 0 aromatic heterocycles. The molecule has 0 fully saturated rings. The molecule has 1 aromatic rings. The SMILES string of the molecule is CCNS(=O)(=O)c1ccc(/C=C/C(=O)N(C)C(C)CC#N)cc1. The number of rotatable bonds is 7. The second kappa shape index (κ2) is 8.46. The van der Waals surface area contributed by atoms with Gasteiger partial charge in [-0.15, -0.1) is 0 Å². The fourth-order valence-electron chi connectivity index (χ4n) is 1.80. The highest BCUT2D eigenvalue weighted by Gasteiger charge is 2.13. The lowest BCUT2D eigenvalue weighted by Gasteiger charge is -2.21. The van der Waals surface area contributed by atoms with Crippen molar-refractivity contribution in [3.05, 3.63) is 35.9 Å². The average molecular weight is 335 g/mol. The quantitative estimate of drug-likeness (QED) is 0.769. The molecule has 0 saturated heterocycles. The smallest absolute Gasteiger partial charge is 0.246 e. The van der Waals surface area contributed by atoms with E-state index in [1.165, 1.54) is 23.1 Å². The predicted molar refractivity (Wildman–Crippen MR) is 88.8 cm³/mol. The van der Waals surface area contributed by atoms with Crippen molar-refractivity contribution in [2.75, 3.05) is 13.6 Å². The van der Waals surface area contributed by atoms with Gasteiger partial charge in [-0.2, -0.15) is 5.26 Å². The summed E-state index contributed by atoms with van der Waals surface area (Å²) in [4.78, 5) is 13.6. The summed E-state index contributed by atoms with van der Waals surface area (Å²) in [7, 11) is -1.83. The highest BCUT2D eigenvalue weighted by Crippen LogP contribution is 2.12. The molecular formula is C16H21N3O3S. The van der Waals surface area contributed by atoms with Crippen LogP contribution in [0.1, 0.15) is 25.8 Å². The normalized spacial score (nSPS) is 12.8. The minimum Gasteiger partial charge on any atom is -0.338 e. The van der Waals surface area contributed by atoms with Gasteiger partial charge in [0.2, 0.25) is 15.9 Å². The summed E-state index contributed by atoms with van der Waals surface area (Å²) in [6, 6.07) is 8.11. The van der Waals surface area contributed by atoms with Gasteiger partial charge in [-0.3, -0.25) is 4.79 Å². The maximum Gasteiger partial charge on any atom is 0.246 e. The van der Waals surface area contributed by atoms with E-state index in [9.17, 15) is 13.2 Å². The second-order valence-corrected chi connectivity index (χ2v) is 6.83. The predicted octanol–water partition coefficient (Wildman–Crippen LogP) is 1.76. The summed E-state index contributed by atoms with van der Waals surface area (Å²) in [5.41, 5.74) is 0.718. The number of hydrogen-bond acceptors (Lipinski definition) is 4. The lowest BCUT2D eigenvalue weighted by molar-refractivity contribution is -0.126. The van der Waals surface area contributed by atoms with Gasteiger partial charge in [0.05, 0.1) is 17.4 Å². The molecule has 1 aromatic carbocycles. The Morgan fingerprint density at radius 2 is 2.00 bits per heavy atom. The summed E-state index contributed by atoms with van der Waals surface area (Å²) in [6.07, 6.45) is 3.29. The minimum absolute atomic E-state index is 0.162. The monoisotopic (exact) mass is 335 g/mol. The Hall–Kier alpha value is -2.17. The van der Waals surface area contributed by atoms with Crippen LogP contribution in [0.3, 0.4) is 0 Å². The number of nitrogens with one attached hydrogen (secondary N) is 1. The van der Waals surface area contributed by atoms with Gasteiger partial charge < -0.3 is 4.90 Å². The molecule has 1 N–H and O–H groups in total. The highest BCUT2D eigenvalue weighted by molar-refractivity contribution is 7.89. The second-order valence-electron chi connectivity index (χ2n) is 5.06. The first kappa shape index (κ1) is 18.9. The largest absolute Gasteiger partial charge is 0.338 e. The van der Waals surface area contributed by atoms with E-state index >= 15 is 0 Å². The van der Waals surface area contributed by atoms with Crippen molar-refractivity contribution in [3.63, 3.8) is 0 Å². The minimum atomic E-state index is -3.47.